The third-order valence-corrected chi connectivity index (χ3v) is 3.71. The minimum absolute atomic E-state index is 0.280. The van der Waals surface area contributed by atoms with E-state index < -0.39 is 0 Å². The predicted octanol–water partition coefficient (Wildman–Crippen LogP) is 4.76. The number of allylic oxidation sites excluding steroid dienone is 1. The van der Waals surface area contributed by atoms with E-state index in [9.17, 15) is 0 Å². The summed E-state index contributed by atoms with van der Waals surface area (Å²) in [5, 5.41) is 0. The molecule has 14 heavy (non-hydrogen) atoms. The van der Waals surface area contributed by atoms with Crippen LogP contribution in [0.2, 0.25) is 0 Å². The first-order valence-electron chi connectivity index (χ1n) is 5.39. The summed E-state index contributed by atoms with van der Waals surface area (Å²) in [7, 11) is 0. The van der Waals surface area contributed by atoms with Crippen LogP contribution < -0.4 is 0 Å². The second kappa shape index (κ2) is 5.25. The molecule has 0 unspecified atom stereocenters. The first-order chi connectivity index (χ1) is 6.13. The van der Waals surface area contributed by atoms with Gasteiger partial charge in [-0.15, -0.1) is 0 Å². The highest BCUT2D eigenvalue weighted by Gasteiger charge is 2.15. The Kier molecular flexibility index (Phi) is 5.28. The van der Waals surface area contributed by atoms with Crippen molar-refractivity contribution in [3.8, 4) is 0 Å². The van der Waals surface area contributed by atoms with Crippen molar-refractivity contribution >= 4 is 11.8 Å². The lowest BCUT2D eigenvalue weighted by Gasteiger charge is -2.22. The zero-order valence-corrected chi connectivity index (χ0v) is 11.6. The Balaban J connectivity index is 3.62. The van der Waals surface area contributed by atoms with Crippen LogP contribution >= 0.6 is 11.8 Å². The van der Waals surface area contributed by atoms with Gasteiger partial charge in [-0.3, -0.25) is 0 Å². The Morgan fingerprint density at radius 3 is 1.93 bits per heavy atom. The SMILES string of the molecule is C=C(CCSCC(C)(C)C)C(C)(C)C. The smallest absolute Gasteiger partial charge is 0.00186 e. The van der Waals surface area contributed by atoms with Crippen molar-refractivity contribution in [3.05, 3.63) is 12.2 Å². The van der Waals surface area contributed by atoms with E-state index in [0.29, 0.717) is 5.41 Å². The lowest BCUT2D eigenvalue weighted by molar-refractivity contribution is 0.479. The monoisotopic (exact) mass is 214 g/mol. The molecule has 0 N–H and O–H groups in total. The lowest BCUT2D eigenvalue weighted by Crippen LogP contribution is -2.11. The highest BCUT2D eigenvalue weighted by molar-refractivity contribution is 7.99. The highest BCUT2D eigenvalue weighted by Crippen LogP contribution is 2.28. The molecule has 1 heteroatoms. The molecule has 0 aromatic heterocycles. The van der Waals surface area contributed by atoms with Crippen molar-refractivity contribution in [3.63, 3.8) is 0 Å². The Morgan fingerprint density at radius 1 is 1.07 bits per heavy atom. The quantitative estimate of drug-likeness (QED) is 0.480. The molecule has 0 aromatic rings. The van der Waals surface area contributed by atoms with Crippen LogP contribution in [0.4, 0.5) is 0 Å². The Bertz CT molecular complexity index is 178. The summed E-state index contributed by atoms with van der Waals surface area (Å²) in [6.45, 7) is 17.7. The number of thioether (sulfide) groups is 1. The molecule has 0 saturated carbocycles. The maximum Gasteiger partial charge on any atom is -0.00186 e. The summed E-state index contributed by atoms with van der Waals surface area (Å²) in [4.78, 5) is 0. The molecular weight excluding hydrogens is 188 g/mol. The van der Waals surface area contributed by atoms with Crippen LogP contribution in [-0.4, -0.2) is 11.5 Å². The number of hydrogen-bond donors (Lipinski definition) is 0. The van der Waals surface area contributed by atoms with Gasteiger partial charge in [0.05, 0.1) is 0 Å². The molecule has 0 aliphatic heterocycles. The zero-order chi connectivity index (χ0) is 11.4. The zero-order valence-electron chi connectivity index (χ0n) is 10.7. The summed E-state index contributed by atoms with van der Waals surface area (Å²) >= 11 is 2.04. The average Bonchev–Trinajstić information content (AvgIpc) is 1.93. The molecule has 0 heterocycles. The molecule has 0 aliphatic rings. The molecule has 84 valence electrons. The fourth-order valence-electron chi connectivity index (χ4n) is 0.949. The van der Waals surface area contributed by atoms with E-state index in [1.165, 1.54) is 17.1 Å². The molecule has 0 spiro atoms. The largest absolute Gasteiger partial charge is 0.161 e. The van der Waals surface area contributed by atoms with E-state index in [2.05, 4.69) is 48.1 Å². The van der Waals surface area contributed by atoms with Crippen LogP contribution in [0.15, 0.2) is 12.2 Å². The van der Waals surface area contributed by atoms with Gasteiger partial charge >= 0.3 is 0 Å². The van der Waals surface area contributed by atoms with E-state index >= 15 is 0 Å². The molecule has 0 amide bonds. The third kappa shape index (κ3) is 7.49. The molecule has 0 aliphatic carbocycles. The third-order valence-electron chi connectivity index (χ3n) is 2.14. The van der Waals surface area contributed by atoms with Crippen LogP contribution in [0, 0.1) is 10.8 Å². The Hall–Kier alpha value is 0.0900. The fraction of sp³-hybridized carbons (Fsp3) is 0.846. The van der Waals surface area contributed by atoms with Crippen LogP contribution in [-0.2, 0) is 0 Å². The normalized spacial score (nSPS) is 13.0. The molecule has 0 bridgehead atoms. The van der Waals surface area contributed by atoms with Gasteiger partial charge in [0.25, 0.3) is 0 Å². The van der Waals surface area contributed by atoms with Gasteiger partial charge in [-0.25, -0.2) is 0 Å². The van der Waals surface area contributed by atoms with Gasteiger partial charge in [0.1, 0.15) is 0 Å². The summed E-state index contributed by atoms with van der Waals surface area (Å²) in [5.74, 6) is 2.46. The number of hydrogen-bond acceptors (Lipinski definition) is 1. The molecule has 0 fully saturated rings. The van der Waals surface area contributed by atoms with Gasteiger partial charge in [0, 0.05) is 0 Å². The van der Waals surface area contributed by atoms with Gasteiger partial charge in [0.2, 0.25) is 0 Å². The Morgan fingerprint density at radius 2 is 1.57 bits per heavy atom. The maximum atomic E-state index is 4.15. The van der Waals surface area contributed by atoms with Crippen molar-refractivity contribution in [2.75, 3.05) is 11.5 Å². The molecule has 0 atom stereocenters. The predicted molar refractivity (Wildman–Crippen MR) is 70.0 cm³/mol. The number of rotatable bonds is 4. The van der Waals surface area contributed by atoms with E-state index in [1.54, 1.807) is 0 Å². The van der Waals surface area contributed by atoms with E-state index in [-0.39, 0.29) is 5.41 Å². The van der Waals surface area contributed by atoms with Gasteiger partial charge in [-0.2, -0.15) is 11.8 Å². The molecular formula is C13H26S. The summed E-state index contributed by atoms with van der Waals surface area (Å²) in [6.07, 6.45) is 1.16. The van der Waals surface area contributed by atoms with Crippen molar-refractivity contribution in [1.82, 2.24) is 0 Å². The topological polar surface area (TPSA) is 0 Å². The molecule has 0 saturated heterocycles. The van der Waals surface area contributed by atoms with Gasteiger partial charge < -0.3 is 0 Å². The van der Waals surface area contributed by atoms with E-state index in [1.807, 2.05) is 11.8 Å². The van der Waals surface area contributed by atoms with Crippen molar-refractivity contribution in [1.29, 1.82) is 0 Å². The van der Waals surface area contributed by atoms with E-state index in [0.717, 1.165) is 6.42 Å². The second-order valence-corrected chi connectivity index (χ2v) is 7.32. The van der Waals surface area contributed by atoms with Crippen LogP contribution in [0.25, 0.3) is 0 Å². The van der Waals surface area contributed by atoms with Crippen molar-refractivity contribution in [2.45, 2.75) is 48.0 Å². The summed E-state index contributed by atoms with van der Waals surface area (Å²) in [5.41, 5.74) is 2.11. The minimum Gasteiger partial charge on any atom is -0.161 e. The van der Waals surface area contributed by atoms with E-state index in [4.69, 9.17) is 0 Å². The standard InChI is InChI=1S/C13H26S/c1-11(13(5,6)7)8-9-14-10-12(2,3)4/h1,8-10H2,2-7H3. The lowest BCUT2D eigenvalue weighted by atomic mass is 9.86. The van der Waals surface area contributed by atoms with Crippen molar-refractivity contribution < 1.29 is 0 Å². The van der Waals surface area contributed by atoms with Gasteiger partial charge in [-0.05, 0) is 28.8 Å². The van der Waals surface area contributed by atoms with Gasteiger partial charge in [0.15, 0.2) is 0 Å². The fourth-order valence-corrected chi connectivity index (χ4v) is 2.10. The Labute approximate surface area is 94.6 Å². The average molecular weight is 214 g/mol. The summed E-state index contributed by atoms with van der Waals surface area (Å²) < 4.78 is 0. The van der Waals surface area contributed by atoms with Crippen molar-refractivity contribution in [2.24, 2.45) is 10.8 Å². The highest BCUT2D eigenvalue weighted by atomic mass is 32.2. The minimum atomic E-state index is 0.280. The first kappa shape index (κ1) is 14.1. The van der Waals surface area contributed by atoms with Crippen LogP contribution in [0.5, 0.6) is 0 Å². The molecule has 0 rings (SSSR count). The molecule has 0 radical (unpaired) electrons. The summed E-state index contributed by atoms with van der Waals surface area (Å²) in [6, 6.07) is 0. The van der Waals surface area contributed by atoms with Gasteiger partial charge in [-0.1, -0.05) is 53.7 Å². The molecule has 0 aromatic carbocycles. The first-order valence-corrected chi connectivity index (χ1v) is 6.54. The van der Waals surface area contributed by atoms with Crippen LogP contribution in [0.1, 0.15) is 48.0 Å². The maximum absolute atomic E-state index is 4.15. The second-order valence-electron chi connectivity index (χ2n) is 6.22. The molecule has 0 nitrogen and oxygen atoms in total. The van der Waals surface area contributed by atoms with Crippen LogP contribution in [0.3, 0.4) is 0 Å².